The van der Waals surface area contributed by atoms with Crippen LogP contribution in [0.1, 0.15) is 18.4 Å². The standard InChI is InChI=1S/C11H13N/c1-9(12-11-7-8-11)10-5-3-2-4-6-10/h2-6,11-12H,1,7-8H2. The molecule has 1 aliphatic carbocycles. The number of hydrogen-bond acceptors (Lipinski definition) is 1. The fourth-order valence-corrected chi connectivity index (χ4v) is 1.20. The maximum Gasteiger partial charge on any atom is 0.0342 e. The lowest BCUT2D eigenvalue weighted by Gasteiger charge is -2.07. The van der Waals surface area contributed by atoms with Crippen LogP contribution in [0.15, 0.2) is 36.9 Å². The Hall–Kier alpha value is -1.24. The van der Waals surface area contributed by atoms with Crippen LogP contribution in [0.4, 0.5) is 0 Å². The van der Waals surface area contributed by atoms with Gasteiger partial charge in [-0.05, 0) is 18.4 Å². The first kappa shape index (κ1) is 7.41. The Morgan fingerprint density at radius 2 is 1.92 bits per heavy atom. The third kappa shape index (κ3) is 1.67. The Morgan fingerprint density at radius 1 is 1.25 bits per heavy atom. The molecule has 0 aliphatic heterocycles. The fraction of sp³-hybridized carbons (Fsp3) is 0.273. The minimum atomic E-state index is 0.692. The highest BCUT2D eigenvalue weighted by Crippen LogP contribution is 2.22. The van der Waals surface area contributed by atoms with Gasteiger partial charge in [-0.15, -0.1) is 0 Å². The van der Waals surface area contributed by atoms with Crippen molar-refractivity contribution in [3.05, 3.63) is 42.5 Å². The molecule has 0 unspecified atom stereocenters. The largest absolute Gasteiger partial charge is 0.382 e. The number of rotatable bonds is 3. The predicted molar refractivity (Wildman–Crippen MR) is 51.6 cm³/mol. The van der Waals surface area contributed by atoms with E-state index in [4.69, 9.17) is 0 Å². The molecular weight excluding hydrogens is 146 g/mol. The van der Waals surface area contributed by atoms with E-state index in [0.717, 1.165) is 5.70 Å². The summed E-state index contributed by atoms with van der Waals surface area (Å²) < 4.78 is 0. The zero-order chi connectivity index (χ0) is 8.39. The molecule has 1 heteroatoms. The van der Waals surface area contributed by atoms with Gasteiger partial charge in [-0.1, -0.05) is 36.9 Å². The van der Waals surface area contributed by atoms with Crippen molar-refractivity contribution < 1.29 is 0 Å². The second-order valence-corrected chi connectivity index (χ2v) is 3.26. The van der Waals surface area contributed by atoms with Crippen molar-refractivity contribution in [3.63, 3.8) is 0 Å². The summed E-state index contributed by atoms with van der Waals surface area (Å²) >= 11 is 0. The van der Waals surface area contributed by atoms with Gasteiger partial charge in [-0.3, -0.25) is 0 Å². The Balaban J connectivity index is 2.03. The molecule has 0 amide bonds. The number of nitrogens with one attached hydrogen (secondary N) is 1. The zero-order valence-electron chi connectivity index (χ0n) is 7.09. The second-order valence-electron chi connectivity index (χ2n) is 3.26. The maximum atomic E-state index is 3.99. The van der Waals surface area contributed by atoms with Crippen LogP contribution in [-0.4, -0.2) is 6.04 Å². The summed E-state index contributed by atoms with van der Waals surface area (Å²) in [7, 11) is 0. The van der Waals surface area contributed by atoms with E-state index in [0.29, 0.717) is 6.04 Å². The van der Waals surface area contributed by atoms with Crippen LogP contribution >= 0.6 is 0 Å². The number of hydrogen-bond donors (Lipinski definition) is 1. The van der Waals surface area contributed by atoms with Gasteiger partial charge in [0.1, 0.15) is 0 Å². The van der Waals surface area contributed by atoms with Crippen LogP contribution in [0.2, 0.25) is 0 Å². The molecule has 0 aromatic heterocycles. The third-order valence-corrected chi connectivity index (χ3v) is 2.08. The van der Waals surface area contributed by atoms with Crippen LogP contribution in [-0.2, 0) is 0 Å². The van der Waals surface area contributed by atoms with Gasteiger partial charge < -0.3 is 5.32 Å². The molecule has 1 nitrogen and oxygen atoms in total. The Bertz CT molecular complexity index is 272. The lowest BCUT2D eigenvalue weighted by molar-refractivity contribution is 0.885. The van der Waals surface area contributed by atoms with E-state index in [9.17, 15) is 0 Å². The molecular formula is C11H13N. The van der Waals surface area contributed by atoms with Crippen molar-refractivity contribution in [2.45, 2.75) is 18.9 Å². The molecule has 1 aromatic carbocycles. The van der Waals surface area contributed by atoms with Gasteiger partial charge >= 0.3 is 0 Å². The molecule has 12 heavy (non-hydrogen) atoms. The third-order valence-electron chi connectivity index (χ3n) is 2.08. The average molecular weight is 159 g/mol. The van der Waals surface area contributed by atoms with Crippen LogP contribution in [0.25, 0.3) is 5.70 Å². The highest BCUT2D eigenvalue weighted by atomic mass is 15.0. The van der Waals surface area contributed by atoms with E-state index in [1.807, 2.05) is 18.2 Å². The SMILES string of the molecule is C=C(NC1CC1)c1ccccc1. The van der Waals surface area contributed by atoms with Crippen LogP contribution < -0.4 is 5.32 Å². The van der Waals surface area contributed by atoms with Crippen LogP contribution in [0.3, 0.4) is 0 Å². The van der Waals surface area contributed by atoms with Gasteiger partial charge in [0.15, 0.2) is 0 Å². The Labute approximate surface area is 73.1 Å². The summed E-state index contributed by atoms with van der Waals surface area (Å²) in [5.41, 5.74) is 2.25. The maximum absolute atomic E-state index is 3.99. The lowest BCUT2D eigenvalue weighted by Crippen LogP contribution is -2.13. The molecule has 0 saturated heterocycles. The van der Waals surface area contributed by atoms with Crippen molar-refractivity contribution in [1.82, 2.24) is 5.32 Å². The molecule has 2 rings (SSSR count). The quantitative estimate of drug-likeness (QED) is 0.714. The minimum absolute atomic E-state index is 0.692. The topological polar surface area (TPSA) is 12.0 Å². The van der Waals surface area contributed by atoms with Gasteiger partial charge in [-0.2, -0.15) is 0 Å². The monoisotopic (exact) mass is 159 g/mol. The molecule has 62 valence electrons. The molecule has 1 aromatic rings. The van der Waals surface area contributed by atoms with E-state index in [1.165, 1.54) is 18.4 Å². The van der Waals surface area contributed by atoms with Gasteiger partial charge in [0, 0.05) is 11.7 Å². The average Bonchev–Trinajstić information content (AvgIpc) is 2.90. The summed E-state index contributed by atoms with van der Waals surface area (Å²) in [5, 5.41) is 3.38. The second kappa shape index (κ2) is 3.02. The fourth-order valence-electron chi connectivity index (χ4n) is 1.20. The molecule has 1 aliphatic rings. The molecule has 1 fully saturated rings. The molecule has 1 N–H and O–H groups in total. The first-order valence-corrected chi connectivity index (χ1v) is 4.37. The van der Waals surface area contributed by atoms with Gasteiger partial charge in [0.05, 0.1) is 0 Å². The van der Waals surface area contributed by atoms with Crippen molar-refractivity contribution in [2.75, 3.05) is 0 Å². The normalized spacial score (nSPS) is 15.7. The number of benzene rings is 1. The van der Waals surface area contributed by atoms with E-state index >= 15 is 0 Å². The molecule has 0 spiro atoms. The van der Waals surface area contributed by atoms with Crippen LogP contribution in [0.5, 0.6) is 0 Å². The first-order valence-electron chi connectivity index (χ1n) is 4.37. The van der Waals surface area contributed by atoms with Crippen LogP contribution in [0, 0.1) is 0 Å². The molecule has 1 saturated carbocycles. The summed E-state index contributed by atoms with van der Waals surface area (Å²) in [6, 6.07) is 10.9. The Morgan fingerprint density at radius 3 is 2.50 bits per heavy atom. The molecule has 0 atom stereocenters. The van der Waals surface area contributed by atoms with E-state index < -0.39 is 0 Å². The first-order chi connectivity index (χ1) is 5.86. The molecule has 0 radical (unpaired) electrons. The van der Waals surface area contributed by atoms with Crippen molar-refractivity contribution in [2.24, 2.45) is 0 Å². The molecule has 0 bridgehead atoms. The van der Waals surface area contributed by atoms with Crippen molar-refractivity contribution in [1.29, 1.82) is 0 Å². The zero-order valence-corrected chi connectivity index (χ0v) is 7.09. The highest BCUT2D eigenvalue weighted by molar-refractivity contribution is 5.61. The van der Waals surface area contributed by atoms with Crippen molar-refractivity contribution >= 4 is 5.70 Å². The van der Waals surface area contributed by atoms with E-state index in [1.54, 1.807) is 0 Å². The molecule has 0 heterocycles. The predicted octanol–water partition coefficient (Wildman–Crippen LogP) is 2.41. The van der Waals surface area contributed by atoms with E-state index in [2.05, 4.69) is 24.0 Å². The summed E-state index contributed by atoms with van der Waals surface area (Å²) in [6.07, 6.45) is 2.59. The minimum Gasteiger partial charge on any atom is -0.382 e. The highest BCUT2D eigenvalue weighted by Gasteiger charge is 2.21. The van der Waals surface area contributed by atoms with Gasteiger partial charge in [0.2, 0.25) is 0 Å². The van der Waals surface area contributed by atoms with Gasteiger partial charge in [-0.25, -0.2) is 0 Å². The summed E-state index contributed by atoms with van der Waals surface area (Å²) in [5.74, 6) is 0. The summed E-state index contributed by atoms with van der Waals surface area (Å²) in [6.45, 7) is 3.99. The Kier molecular flexibility index (Phi) is 1.86. The van der Waals surface area contributed by atoms with E-state index in [-0.39, 0.29) is 0 Å². The smallest absolute Gasteiger partial charge is 0.0342 e. The van der Waals surface area contributed by atoms with Gasteiger partial charge in [0.25, 0.3) is 0 Å². The summed E-state index contributed by atoms with van der Waals surface area (Å²) in [4.78, 5) is 0. The van der Waals surface area contributed by atoms with Crippen molar-refractivity contribution in [3.8, 4) is 0 Å². The lowest BCUT2D eigenvalue weighted by atomic mass is 10.2.